The van der Waals surface area contributed by atoms with Gasteiger partial charge in [-0.15, -0.1) is 5.10 Å². The third-order valence-corrected chi connectivity index (χ3v) is 4.04. The number of ether oxygens (including phenoxy) is 2. The molecular weight excluding hydrogens is 344 g/mol. The molecule has 0 spiro atoms. The molecule has 1 heterocycles. The number of nitrogens with one attached hydrogen (secondary N) is 2. The zero-order chi connectivity index (χ0) is 18.2. The maximum Gasteiger partial charge on any atom is 0.283 e. The number of benzene rings is 1. The summed E-state index contributed by atoms with van der Waals surface area (Å²) in [6, 6.07) is 4.81. The second kappa shape index (κ2) is 8.97. The van der Waals surface area contributed by atoms with E-state index in [1.54, 1.807) is 18.2 Å². The van der Waals surface area contributed by atoms with E-state index in [1.165, 1.54) is 7.11 Å². The Kier molecular flexibility index (Phi) is 6.70. The Morgan fingerprint density at radius 2 is 1.92 bits per heavy atom. The average molecular weight is 364 g/mol. The minimum absolute atomic E-state index is 0.333. The summed E-state index contributed by atoms with van der Waals surface area (Å²) in [5.41, 5.74) is 5.66. The smallest absolute Gasteiger partial charge is 0.283 e. The number of carbonyl (C=O) groups is 2. The molecule has 2 N–H and O–H groups in total. The van der Waals surface area contributed by atoms with Crippen molar-refractivity contribution in [1.29, 1.82) is 0 Å². The van der Waals surface area contributed by atoms with E-state index in [0.717, 1.165) is 18.0 Å². The Bertz CT molecular complexity index is 747. The van der Waals surface area contributed by atoms with Crippen molar-refractivity contribution in [2.24, 2.45) is 0 Å². The number of amides is 2. The van der Waals surface area contributed by atoms with Crippen molar-refractivity contribution < 1.29 is 19.1 Å². The van der Waals surface area contributed by atoms with Crippen molar-refractivity contribution in [3.05, 3.63) is 34.3 Å². The normalized spacial score (nSPS) is 10.2. The molecule has 134 valence electrons. The average Bonchev–Trinajstić information content (AvgIpc) is 3.12. The van der Waals surface area contributed by atoms with E-state index >= 15 is 0 Å². The Morgan fingerprint density at radius 3 is 2.60 bits per heavy atom. The number of hydrogen-bond donors (Lipinski definition) is 2. The minimum Gasteiger partial charge on any atom is -0.493 e. The van der Waals surface area contributed by atoms with Crippen LogP contribution in [0.1, 0.15) is 46.0 Å². The van der Waals surface area contributed by atoms with E-state index in [4.69, 9.17) is 9.47 Å². The van der Waals surface area contributed by atoms with E-state index in [1.807, 2.05) is 13.8 Å². The van der Waals surface area contributed by atoms with E-state index in [0.29, 0.717) is 40.7 Å². The number of methoxy groups -OCH3 is 1. The summed E-state index contributed by atoms with van der Waals surface area (Å²) in [5, 5.41) is 3.86. The Labute approximate surface area is 149 Å². The van der Waals surface area contributed by atoms with Gasteiger partial charge in [-0.2, -0.15) is 0 Å². The number of aryl methyl sites for hydroxylation is 1. The molecule has 1 aromatic carbocycles. The Morgan fingerprint density at radius 1 is 1.16 bits per heavy atom. The van der Waals surface area contributed by atoms with Crippen molar-refractivity contribution in [2.75, 3.05) is 13.7 Å². The molecular formula is C16H20N4O4S. The second-order valence-corrected chi connectivity index (χ2v) is 5.78. The van der Waals surface area contributed by atoms with E-state index in [9.17, 15) is 9.59 Å². The Hall–Kier alpha value is -2.68. The highest BCUT2D eigenvalue weighted by Gasteiger charge is 2.17. The summed E-state index contributed by atoms with van der Waals surface area (Å²) in [6.07, 6.45) is 1.45. The molecule has 2 rings (SSSR count). The summed E-state index contributed by atoms with van der Waals surface area (Å²) in [7, 11) is 1.50. The monoisotopic (exact) mass is 364 g/mol. The highest BCUT2D eigenvalue weighted by molar-refractivity contribution is 7.08. The fourth-order valence-electron chi connectivity index (χ4n) is 1.99. The SMILES string of the molecule is CCCOc1ccc(C(=O)NNC(=O)c2snnc2CC)cc1OC. The van der Waals surface area contributed by atoms with Crippen LogP contribution in [0, 0.1) is 0 Å². The van der Waals surface area contributed by atoms with Gasteiger partial charge in [0.1, 0.15) is 4.88 Å². The van der Waals surface area contributed by atoms with Gasteiger partial charge in [0.25, 0.3) is 11.8 Å². The number of aromatic nitrogens is 2. The van der Waals surface area contributed by atoms with Gasteiger partial charge in [0, 0.05) is 5.56 Å². The van der Waals surface area contributed by atoms with Crippen molar-refractivity contribution in [3.8, 4) is 11.5 Å². The molecule has 0 atom stereocenters. The predicted molar refractivity (Wildman–Crippen MR) is 93.0 cm³/mol. The number of carbonyl (C=O) groups excluding carboxylic acids is 2. The summed E-state index contributed by atoms with van der Waals surface area (Å²) >= 11 is 0.984. The van der Waals surface area contributed by atoms with Crippen molar-refractivity contribution in [1.82, 2.24) is 20.4 Å². The first-order chi connectivity index (χ1) is 12.1. The van der Waals surface area contributed by atoms with Gasteiger partial charge in [0.05, 0.1) is 19.4 Å². The van der Waals surface area contributed by atoms with Crippen LogP contribution in [-0.2, 0) is 6.42 Å². The number of hydrazine groups is 1. The number of hydrogen-bond acceptors (Lipinski definition) is 7. The molecule has 25 heavy (non-hydrogen) atoms. The standard InChI is InChI=1S/C16H20N4O4S/c1-4-8-24-12-7-6-10(9-13(12)23-3)15(21)18-19-16(22)14-11(5-2)17-20-25-14/h6-7,9H,4-5,8H2,1-3H3,(H,18,21)(H,19,22). The van der Waals surface area contributed by atoms with E-state index in [-0.39, 0.29) is 0 Å². The van der Waals surface area contributed by atoms with Gasteiger partial charge in [-0.1, -0.05) is 18.3 Å². The molecule has 0 saturated heterocycles. The molecule has 0 bridgehead atoms. The van der Waals surface area contributed by atoms with Crippen molar-refractivity contribution in [3.63, 3.8) is 0 Å². The summed E-state index contributed by atoms with van der Waals surface area (Å²) < 4.78 is 14.5. The highest BCUT2D eigenvalue weighted by atomic mass is 32.1. The van der Waals surface area contributed by atoms with Gasteiger partial charge in [-0.3, -0.25) is 20.4 Å². The van der Waals surface area contributed by atoms with E-state index in [2.05, 4.69) is 20.4 Å². The third-order valence-electron chi connectivity index (χ3n) is 3.27. The first-order valence-electron chi connectivity index (χ1n) is 7.83. The van der Waals surface area contributed by atoms with Crippen LogP contribution in [0.4, 0.5) is 0 Å². The first kappa shape index (κ1) is 18.7. The van der Waals surface area contributed by atoms with Crippen LogP contribution in [0.25, 0.3) is 0 Å². The van der Waals surface area contributed by atoms with Crippen LogP contribution in [0.5, 0.6) is 11.5 Å². The Balaban J connectivity index is 2.02. The zero-order valence-corrected chi connectivity index (χ0v) is 15.1. The predicted octanol–water partition coefficient (Wildman–Crippen LogP) is 1.97. The van der Waals surface area contributed by atoms with Crippen LogP contribution < -0.4 is 20.3 Å². The molecule has 8 nitrogen and oxygen atoms in total. The molecule has 0 aliphatic heterocycles. The molecule has 0 aliphatic carbocycles. The van der Waals surface area contributed by atoms with Gasteiger partial charge >= 0.3 is 0 Å². The van der Waals surface area contributed by atoms with Crippen LogP contribution in [-0.4, -0.2) is 35.1 Å². The van der Waals surface area contributed by atoms with Crippen LogP contribution in [0.15, 0.2) is 18.2 Å². The highest BCUT2D eigenvalue weighted by Crippen LogP contribution is 2.28. The fraction of sp³-hybridized carbons (Fsp3) is 0.375. The first-order valence-corrected chi connectivity index (χ1v) is 8.60. The van der Waals surface area contributed by atoms with Crippen molar-refractivity contribution >= 4 is 23.3 Å². The molecule has 0 fully saturated rings. The lowest BCUT2D eigenvalue weighted by Crippen LogP contribution is -2.41. The second-order valence-electron chi connectivity index (χ2n) is 5.02. The minimum atomic E-state index is -0.468. The van der Waals surface area contributed by atoms with Crippen LogP contribution in [0.3, 0.4) is 0 Å². The molecule has 2 aromatic rings. The van der Waals surface area contributed by atoms with Crippen LogP contribution >= 0.6 is 11.5 Å². The maximum absolute atomic E-state index is 12.2. The molecule has 9 heteroatoms. The van der Waals surface area contributed by atoms with Crippen molar-refractivity contribution in [2.45, 2.75) is 26.7 Å². The van der Waals surface area contributed by atoms with Gasteiger partial charge in [-0.05, 0) is 42.6 Å². The number of nitrogens with zero attached hydrogens (tertiary/aromatic N) is 2. The fourth-order valence-corrected chi connectivity index (χ4v) is 2.64. The summed E-state index contributed by atoms with van der Waals surface area (Å²) in [6.45, 7) is 4.43. The molecule has 0 saturated carbocycles. The van der Waals surface area contributed by atoms with Gasteiger partial charge in [0.15, 0.2) is 11.5 Å². The summed E-state index contributed by atoms with van der Waals surface area (Å²) in [5.74, 6) is 0.0971. The zero-order valence-electron chi connectivity index (χ0n) is 14.3. The lowest BCUT2D eigenvalue weighted by molar-refractivity contribution is 0.0848. The van der Waals surface area contributed by atoms with E-state index < -0.39 is 11.8 Å². The summed E-state index contributed by atoms with van der Waals surface area (Å²) in [4.78, 5) is 24.7. The van der Waals surface area contributed by atoms with Gasteiger partial charge in [0.2, 0.25) is 0 Å². The largest absolute Gasteiger partial charge is 0.493 e. The molecule has 0 unspecified atom stereocenters. The third kappa shape index (κ3) is 4.66. The molecule has 0 radical (unpaired) electrons. The topological polar surface area (TPSA) is 102 Å². The molecule has 0 aliphatic rings. The number of rotatable bonds is 7. The maximum atomic E-state index is 12.2. The lowest BCUT2D eigenvalue weighted by Gasteiger charge is -2.12. The lowest BCUT2D eigenvalue weighted by atomic mass is 10.2. The van der Waals surface area contributed by atoms with Crippen LogP contribution in [0.2, 0.25) is 0 Å². The van der Waals surface area contributed by atoms with Gasteiger partial charge < -0.3 is 9.47 Å². The van der Waals surface area contributed by atoms with Gasteiger partial charge in [-0.25, -0.2) is 0 Å². The molecule has 2 amide bonds. The molecule has 1 aromatic heterocycles. The quantitative estimate of drug-likeness (QED) is 0.728.